The van der Waals surface area contributed by atoms with E-state index in [-0.39, 0.29) is 18.3 Å². The number of cyclic esters (lactones) is 2. The monoisotopic (exact) mass is 294 g/mol. The number of carbonyl (C=O) groups excluding carboxylic acids is 2. The van der Waals surface area contributed by atoms with E-state index in [4.69, 9.17) is 0 Å². The average molecular weight is 294 g/mol. The van der Waals surface area contributed by atoms with E-state index in [1.54, 1.807) is 0 Å². The van der Waals surface area contributed by atoms with Gasteiger partial charge < -0.3 is 4.74 Å². The summed E-state index contributed by atoms with van der Waals surface area (Å²) in [5.74, 6) is -1.12. The van der Waals surface area contributed by atoms with Crippen LogP contribution in [0.4, 0.5) is 0 Å². The van der Waals surface area contributed by atoms with Crippen LogP contribution in [-0.2, 0) is 14.3 Å². The highest BCUT2D eigenvalue weighted by Gasteiger charge is 2.30. The zero-order valence-corrected chi connectivity index (χ0v) is 13.4. The van der Waals surface area contributed by atoms with Crippen molar-refractivity contribution in [3.05, 3.63) is 12.2 Å². The van der Waals surface area contributed by atoms with Gasteiger partial charge in [0.15, 0.2) is 0 Å². The van der Waals surface area contributed by atoms with Crippen LogP contribution in [0.3, 0.4) is 0 Å². The van der Waals surface area contributed by atoms with Gasteiger partial charge in [0.1, 0.15) is 0 Å². The zero-order chi connectivity index (χ0) is 15.3. The van der Waals surface area contributed by atoms with Crippen molar-refractivity contribution in [1.82, 2.24) is 0 Å². The number of allylic oxidation sites excluding steroid dienone is 1. The van der Waals surface area contributed by atoms with Crippen molar-refractivity contribution >= 4 is 11.9 Å². The average Bonchev–Trinajstić information content (AvgIpc) is 2.78. The Kier molecular flexibility index (Phi) is 9.84. The normalized spacial score (nSPS) is 18.6. The summed E-state index contributed by atoms with van der Waals surface area (Å²) >= 11 is 0. The lowest BCUT2D eigenvalue weighted by Crippen LogP contribution is -2.03. The molecule has 0 aromatic heterocycles. The van der Waals surface area contributed by atoms with Crippen molar-refractivity contribution < 1.29 is 14.3 Å². The van der Waals surface area contributed by atoms with Gasteiger partial charge in [0.05, 0.1) is 12.3 Å². The van der Waals surface area contributed by atoms with Gasteiger partial charge in [-0.2, -0.15) is 0 Å². The summed E-state index contributed by atoms with van der Waals surface area (Å²) in [6.45, 7) is 2.25. The van der Waals surface area contributed by atoms with Crippen LogP contribution < -0.4 is 0 Å². The summed E-state index contributed by atoms with van der Waals surface area (Å²) < 4.78 is 4.50. The molecule has 3 nitrogen and oxygen atoms in total. The SMILES string of the molecule is CCCCCCCCCCCC/C=C/[C@@H]1CC(=O)OC1=O. The molecule has 0 amide bonds. The Hall–Kier alpha value is -1.12. The predicted octanol–water partition coefficient (Wildman–Crippen LogP) is 4.94. The molecule has 0 radical (unpaired) electrons. The van der Waals surface area contributed by atoms with Gasteiger partial charge in [0.2, 0.25) is 0 Å². The van der Waals surface area contributed by atoms with E-state index in [9.17, 15) is 9.59 Å². The Morgan fingerprint density at radius 1 is 0.952 bits per heavy atom. The number of esters is 2. The summed E-state index contributed by atoms with van der Waals surface area (Å²) in [5.41, 5.74) is 0. The van der Waals surface area contributed by atoms with Gasteiger partial charge in [-0.25, -0.2) is 0 Å². The van der Waals surface area contributed by atoms with Gasteiger partial charge >= 0.3 is 11.9 Å². The topological polar surface area (TPSA) is 43.4 Å². The van der Waals surface area contributed by atoms with E-state index < -0.39 is 5.97 Å². The van der Waals surface area contributed by atoms with Crippen LogP contribution in [0.5, 0.6) is 0 Å². The second-order valence-corrected chi connectivity index (χ2v) is 6.00. The quantitative estimate of drug-likeness (QED) is 0.221. The van der Waals surface area contributed by atoms with E-state index in [2.05, 4.69) is 11.7 Å². The summed E-state index contributed by atoms with van der Waals surface area (Å²) in [5, 5.41) is 0. The number of rotatable bonds is 12. The summed E-state index contributed by atoms with van der Waals surface area (Å²) in [4.78, 5) is 22.1. The van der Waals surface area contributed by atoms with Crippen LogP contribution in [0.2, 0.25) is 0 Å². The fourth-order valence-corrected chi connectivity index (χ4v) is 2.65. The molecular weight excluding hydrogens is 264 g/mol. The number of hydrogen-bond donors (Lipinski definition) is 0. The van der Waals surface area contributed by atoms with Crippen molar-refractivity contribution in [3.63, 3.8) is 0 Å². The largest absolute Gasteiger partial charge is 0.393 e. The lowest BCUT2D eigenvalue weighted by Gasteiger charge is -2.01. The first-order valence-corrected chi connectivity index (χ1v) is 8.65. The third kappa shape index (κ3) is 8.69. The van der Waals surface area contributed by atoms with Gasteiger partial charge in [0, 0.05) is 0 Å². The van der Waals surface area contributed by atoms with Crippen LogP contribution in [0.15, 0.2) is 12.2 Å². The van der Waals surface area contributed by atoms with Gasteiger partial charge in [-0.3, -0.25) is 9.59 Å². The van der Waals surface area contributed by atoms with E-state index in [0.29, 0.717) is 0 Å². The maximum Gasteiger partial charge on any atom is 0.321 e. The lowest BCUT2D eigenvalue weighted by atomic mass is 10.0. The first kappa shape index (κ1) is 17.9. The van der Waals surface area contributed by atoms with Gasteiger partial charge in [0.25, 0.3) is 0 Å². The molecule has 1 heterocycles. The molecule has 1 aliphatic rings. The van der Waals surface area contributed by atoms with Crippen molar-refractivity contribution in [3.8, 4) is 0 Å². The zero-order valence-electron chi connectivity index (χ0n) is 13.4. The molecule has 120 valence electrons. The number of ether oxygens (including phenoxy) is 1. The molecule has 1 aliphatic heterocycles. The smallest absolute Gasteiger partial charge is 0.321 e. The molecule has 21 heavy (non-hydrogen) atoms. The summed E-state index contributed by atoms with van der Waals surface area (Å²) in [6.07, 6.45) is 18.4. The molecule has 1 fully saturated rings. The number of unbranched alkanes of at least 4 members (excludes halogenated alkanes) is 10. The molecule has 0 spiro atoms. The standard InChI is InChI=1S/C18H30O3/c1-2-3-4-5-6-7-8-9-10-11-12-13-14-16-15-17(19)21-18(16)20/h13-14,16H,2-12,15H2,1H3/b14-13+/t16-/m1/s1. The third-order valence-electron chi connectivity index (χ3n) is 4.00. The second kappa shape index (κ2) is 11.5. The van der Waals surface area contributed by atoms with Crippen molar-refractivity contribution in [2.24, 2.45) is 5.92 Å². The Morgan fingerprint density at radius 2 is 1.52 bits per heavy atom. The van der Waals surface area contributed by atoms with Crippen LogP contribution in [0.1, 0.15) is 84.0 Å². The molecule has 0 aromatic rings. The Morgan fingerprint density at radius 3 is 2.05 bits per heavy atom. The van der Waals surface area contributed by atoms with Crippen molar-refractivity contribution in [2.45, 2.75) is 84.0 Å². The molecule has 0 saturated carbocycles. The van der Waals surface area contributed by atoms with Crippen LogP contribution in [-0.4, -0.2) is 11.9 Å². The lowest BCUT2D eigenvalue weighted by molar-refractivity contribution is -0.152. The molecule has 0 unspecified atom stereocenters. The molecule has 1 rings (SSSR count). The third-order valence-corrected chi connectivity index (χ3v) is 4.00. The van der Waals surface area contributed by atoms with Gasteiger partial charge in [-0.1, -0.05) is 76.9 Å². The van der Waals surface area contributed by atoms with E-state index >= 15 is 0 Å². The Balaban J connectivity index is 1.86. The molecular formula is C18H30O3. The fraction of sp³-hybridized carbons (Fsp3) is 0.778. The predicted molar refractivity (Wildman–Crippen MR) is 84.8 cm³/mol. The Labute approximate surface area is 129 Å². The second-order valence-electron chi connectivity index (χ2n) is 6.00. The first-order chi connectivity index (χ1) is 10.2. The molecule has 0 aromatic carbocycles. The number of carbonyl (C=O) groups is 2. The summed E-state index contributed by atoms with van der Waals surface area (Å²) in [7, 11) is 0. The van der Waals surface area contributed by atoms with E-state index in [1.165, 1.54) is 64.2 Å². The molecule has 1 saturated heterocycles. The van der Waals surface area contributed by atoms with Crippen molar-refractivity contribution in [2.75, 3.05) is 0 Å². The highest BCUT2D eigenvalue weighted by molar-refractivity contribution is 5.95. The van der Waals surface area contributed by atoms with E-state index in [1.807, 2.05) is 12.2 Å². The molecule has 3 heteroatoms. The molecule has 1 atom stereocenters. The number of hydrogen-bond acceptors (Lipinski definition) is 3. The van der Waals surface area contributed by atoms with Gasteiger partial charge in [-0.05, 0) is 12.8 Å². The van der Waals surface area contributed by atoms with Crippen molar-refractivity contribution in [1.29, 1.82) is 0 Å². The molecule has 0 N–H and O–H groups in total. The highest BCUT2D eigenvalue weighted by Crippen LogP contribution is 2.18. The minimum Gasteiger partial charge on any atom is -0.393 e. The summed E-state index contributed by atoms with van der Waals surface area (Å²) in [6, 6.07) is 0. The maximum absolute atomic E-state index is 11.2. The van der Waals surface area contributed by atoms with Gasteiger partial charge in [-0.15, -0.1) is 0 Å². The first-order valence-electron chi connectivity index (χ1n) is 8.65. The van der Waals surface area contributed by atoms with E-state index in [0.717, 1.165) is 6.42 Å². The Bertz CT molecular complexity index is 333. The van der Waals surface area contributed by atoms with Crippen LogP contribution >= 0.6 is 0 Å². The van der Waals surface area contributed by atoms with Crippen LogP contribution in [0.25, 0.3) is 0 Å². The maximum atomic E-state index is 11.2. The fourth-order valence-electron chi connectivity index (χ4n) is 2.65. The highest BCUT2D eigenvalue weighted by atomic mass is 16.6. The van der Waals surface area contributed by atoms with Crippen LogP contribution in [0, 0.1) is 5.92 Å². The molecule has 0 bridgehead atoms. The minimum absolute atomic E-state index is 0.216. The minimum atomic E-state index is -0.395. The molecule has 0 aliphatic carbocycles.